The molecule has 6 heteroatoms. The lowest BCUT2D eigenvalue weighted by molar-refractivity contribution is -0.111. The lowest BCUT2D eigenvalue weighted by Crippen LogP contribution is -2.09. The molecule has 4 aromatic rings. The predicted molar refractivity (Wildman–Crippen MR) is 121 cm³/mol. The number of benzene rings is 2. The number of aromatic nitrogens is 1. The Morgan fingerprint density at radius 1 is 1.19 bits per heavy atom. The highest BCUT2D eigenvalue weighted by molar-refractivity contribution is 6.05. The Hall–Kier alpha value is -3.80. The molecule has 158 valence electrons. The summed E-state index contributed by atoms with van der Waals surface area (Å²) >= 11 is 0. The Kier molecular flexibility index (Phi) is 5.62. The van der Waals surface area contributed by atoms with Crippen LogP contribution in [0.4, 0.5) is 5.82 Å². The van der Waals surface area contributed by atoms with E-state index >= 15 is 0 Å². The predicted octanol–water partition coefficient (Wildman–Crippen LogP) is 6.15. The molecular formula is C25H24N2O4. The van der Waals surface area contributed by atoms with Gasteiger partial charge in [0.2, 0.25) is 5.91 Å². The highest BCUT2D eigenvalue weighted by Crippen LogP contribution is 2.40. The topological polar surface area (TPSA) is 77.5 Å². The molecule has 2 aromatic heterocycles. The number of ether oxygens (including phenoxy) is 1. The maximum atomic E-state index is 12.5. The fraction of sp³-hybridized carbons (Fsp3) is 0.200. The Morgan fingerprint density at radius 2 is 1.97 bits per heavy atom. The zero-order valence-corrected chi connectivity index (χ0v) is 18.0. The fourth-order valence-electron chi connectivity index (χ4n) is 3.64. The highest BCUT2D eigenvalue weighted by atomic mass is 16.5. The third-order valence-electron chi connectivity index (χ3n) is 5.07. The van der Waals surface area contributed by atoms with E-state index in [4.69, 9.17) is 13.7 Å². The number of nitrogens with one attached hydrogen (secondary N) is 1. The Bertz CT molecular complexity index is 1270. The van der Waals surface area contributed by atoms with Crippen molar-refractivity contribution >= 4 is 28.3 Å². The molecule has 0 bridgehead atoms. The van der Waals surface area contributed by atoms with Crippen LogP contribution in [0.5, 0.6) is 5.75 Å². The van der Waals surface area contributed by atoms with Crippen molar-refractivity contribution in [2.24, 2.45) is 0 Å². The number of carbonyl (C=O) groups excluding carboxylic acids is 1. The number of rotatable bonds is 6. The average Bonchev–Trinajstić information content (AvgIpc) is 3.36. The maximum Gasteiger partial charge on any atom is 0.249 e. The second-order valence-electron chi connectivity index (χ2n) is 7.34. The SMILES string of the molecule is CCOc1c(/C(C)=C/C(=O)Nc2cc(C)on2)cc2c(-c3ccccc3)coc2c1C. The van der Waals surface area contributed by atoms with Gasteiger partial charge in [0.1, 0.15) is 17.1 Å². The molecule has 0 spiro atoms. The van der Waals surface area contributed by atoms with Crippen LogP contribution < -0.4 is 10.1 Å². The van der Waals surface area contributed by atoms with Crippen LogP contribution in [0.3, 0.4) is 0 Å². The van der Waals surface area contributed by atoms with Gasteiger partial charge >= 0.3 is 0 Å². The van der Waals surface area contributed by atoms with Gasteiger partial charge in [-0.15, -0.1) is 0 Å². The van der Waals surface area contributed by atoms with E-state index in [9.17, 15) is 4.79 Å². The molecule has 1 amide bonds. The average molecular weight is 416 g/mol. The second-order valence-corrected chi connectivity index (χ2v) is 7.34. The van der Waals surface area contributed by atoms with E-state index in [1.165, 1.54) is 6.08 Å². The van der Waals surface area contributed by atoms with Crippen molar-refractivity contribution in [3.05, 3.63) is 71.7 Å². The summed E-state index contributed by atoms with van der Waals surface area (Å²) in [5.41, 5.74) is 5.36. The Balaban J connectivity index is 1.79. The molecule has 0 saturated carbocycles. The second kappa shape index (κ2) is 8.52. The van der Waals surface area contributed by atoms with E-state index in [1.807, 2.05) is 57.2 Å². The number of hydrogen-bond acceptors (Lipinski definition) is 5. The maximum absolute atomic E-state index is 12.5. The first-order valence-corrected chi connectivity index (χ1v) is 10.1. The molecule has 0 saturated heterocycles. The first-order valence-electron chi connectivity index (χ1n) is 10.1. The Labute approximate surface area is 180 Å². The fourth-order valence-corrected chi connectivity index (χ4v) is 3.64. The normalized spacial score (nSPS) is 11.7. The smallest absolute Gasteiger partial charge is 0.249 e. The number of furan rings is 1. The van der Waals surface area contributed by atoms with Crippen LogP contribution in [-0.2, 0) is 4.79 Å². The van der Waals surface area contributed by atoms with Gasteiger partial charge in [-0.25, -0.2) is 0 Å². The van der Waals surface area contributed by atoms with Crippen LogP contribution in [0.1, 0.15) is 30.7 Å². The van der Waals surface area contributed by atoms with Crippen LogP contribution in [0.2, 0.25) is 0 Å². The van der Waals surface area contributed by atoms with E-state index in [-0.39, 0.29) is 5.91 Å². The van der Waals surface area contributed by atoms with Gasteiger partial charge in [0.25, 0.3) is 0 Å². The number of nitrogens with zero attached hydrogens (tertiary/aromatic N) is 1. The lowest BCUT2D eigenvalue weighted by Gasteiger charge is -2.15. The molecule has 2 heterocycles. The van der Waals surface area contributed by atoms with Crippen molar-refractivity contribution in [2.45, 2.75) is 27.7 Å². The van der Waals surface area contributed by atoms with Gasteiger partial charge in [0, 0.05) is 34.2 Å². The summed E-state index contributed by atoms with van der Waals surface area (Å²) in [6.07, 6.45) is 3.31. The molecule has 0 unspecified atom stereocenters. The third kappa shape index (κ3) is 4.10. The zero-order chi connectivity index (χ0) is 22.0. The molecule has 0 fully saturated rings. The van der Waals surface area contributed by atoms with Crippen LogP contribution in [-0.4, -0.2) is 17.7 Å². The minimum absolute atomic E-state index is 0.290. The van der Waals surface area contributed by atoms with Crippen molar-refractivity contribution in [3.8, 4) is 16.9 Å². The third-order valence-corrected chi connectivity index (χ3v) is 5.07. The molecule has 31 heavy (non-hydrogen) atoms. The highest BCUT2D eigenvalue weighted by Gasteiger charge is 2.19. The number of carbonyl (C=O) groups is 1. The summed E-state index contributed by atoms with van der Waals surface area (Å²) in [6, 6.07) is 13.8. The number of aryl methyl sites for hydroxylation is 2. The molecule has 1 N–H and O–H groups in total. The number of amides is 1. The summed E-state index contributed by atoms with van der Waals surface area (Å²) in [7, 11) is 0. The number of allylic oxidation sites excluding steroid dienone is 1. The van der Waals surface area contributed by atoms with Gasteiger partial charge in [0.15, 0.2) is 5.82 Å². The van der Waals surface area contributed by atoms with Gasteiger partial charge in [-0.2, -0.15) is 0 Å². The van der Waals surface area contributed by atoms with Crippen molar-refractivity contribution in [2.75, 3.05) is 11.9 Å². The van der Waals surface area contributed by atoms with E-state index in [0.29, 0.717) is 23.9 Å². The number of anilines is 1. The molecule has 4 rings (SSSR count). The Morgan fingerprint density at radius 3 is 2.65 bits per heavy atom. The lowest BCUT2D eigenvalue weighted by atomic mass is 9.96. The largest absolute Gasteiger partial charge is 0.493 e. The van der Waals surface area contributed by atoms with Crippen LogP contribution >= 0.6 is 0 Å². The summed E-state index contributed by atoms with van der Waals surface area (Å²) in [5.74, 6) is 1.43. The molecule has 0 aliphatic carbocycles. The zero-order valence-electron chi connectivity index (χ0n) is 18.0. The van der Waals surface area contributed by atoms with Crippen molar-refractivity contribution in [1.82, 2.24) is 5.16 Å². The van der Waals surface area contributed by atoms with Gasteiger partial charge in [-0.05, 0) is 44.9 Å². The van der Waals surface area contributed by atoms with Gasteiger partial charge in [-0.3, -0.25) is 4.79 Å². The standard InChI is InChI=1S/C25H24N2O4/c1-5-29-24-17(4)25-20(21(14-30-25)18-9-7-6-8-10-18)13-19(24)15(2)11-23(28)26-22-12-16(3)31-27-22/h6-14H,5H2,1-4H3,(H,26,27,28)/b15-11+. The molecule has 0 aliphatic rings. The molecule has 0 radical (unpaired) electrons. The van der Waals surface area contributed by atoms with Crippen LogP contribution in [0.15, 0.2) is 63.7 Å². The van der Waals surface area contributed by atoms with E-state index in [2.05, 4.69) is 10.5 Å². The van der Waals surface area contributed by atoms with Gasteiger partial charge in [-0.1, -0.05) is 35.5 Å². The molecule has 0 atom stereocenters. The van der Waals surface area contributed by atoms with Crippen LogP contribution in [0.25, 0.3) is 27.7 Å². The summed E-state index contributed by atoms with van der Waals surface area (Å²) in [6.45, 7) is 8.07. The minimum Gasteiger partial charge on any atom is -0.493 e. The van der Waals surface area contributed by atoms with Crippen LogP contribution in [0, 0.1) is 13.8 Å². The summed E-state index contributed by atoms with van der Waals surface area (Å²) < 4.78 is 16.9. The summed E-state index contributed by atoms with van der Waals surface area (Å²) in [4.78, 5) is 12.5. The quantitative estimate of drug-likeness (QED) is 0.382. The monoisotopic (exact) mass is 416 g/mol. The van der Waals surface area contributed by atoms with Crippen molar-refractivity contribution in [3.63, 3.8) is 0 Å². The minimum atomic E-state index is -0.290. The summed E-state index contributed by atoms with van der Waals surface area (Å²) in [5, 5.41) is 7.50. The molecule has 0 aliphatic heterocycles. The number of fused-ring (bicyclic) bond motifs is 1. The van der Waals surface area contributed by atoms with Gasteiger partial charge in [0.05, 0.1) is 12.9 Å². The first kappa shape index (κ1) is 20.5. The van der Waals surface area contributed by atoms with E-state index in [0.717, 1.165) is 38.8 Å². The number of hydrogen-bond donors (Lipinski definition) is 1. The first-order chi connectivity index (χ1) is 15.0. The van der Waals surface area contributed by atoms with E-state index in [1.54, 1.807) is 19.3 Å². The molecule has 2 aromatic carbocycles. The van der Waals surface area contributed by atoms with E-state index < -0.39 is 0 Å². The van der Waals surface area contributed by atoms with Crippen molar-refractivity contribution in [1.29, 1.82) is 0 Å². The van der Waals surface area contributed by atoms with Gasteiger partial charge < -0.3 is 19.0 Å². The molecular weight excluding hydrogens is 392 g/mol. The molecule has 6 nitrogen and oxygen atoms in total. The van der Waals surface area contributed by atoms with Crippen molar-refractivity contribution < 1.29 is 18.5 Å².